The Kier molecular flexibility index (Phi) is 4.26. The van der Waals surface area contributed by atoms with Gasteiger partial charge >= 0.3 is 0 Å². The molecule has 1 aliphatic rings. The van der Waals surface area contributed by atoms with E-state index in [1.165, 1.54) is 21.7 Å². The van der Waals surface area contributed by atoms with Gasteiger partial charge in [-0.1, -0.05) is 11.3 Å². The Hall–Kier alpha value is -1.36. The summed E-state index contributed by atoms with van der Waals surface area (Å²) in [5.74, 6) is -0.469. The number of hydrogen-bond acceptors (Lipinski definition) is 7. The maximum Gasteiger partial charge on any atom is 0.268 e. The Morgan fingerprint density at radius 2 is 2.05 bits per heavy atom. The number of nitrogens with zero attached hydrogens (tertiary/aromatic N) is 3. The summed E-state index contributed by atoms with van der Waals surface area (Å²) >= 11 is 2.35. The summed E-state index contributed by atoms with van der Waals surface area (Å²) in [7, 11) is -3.61. The van der Waals surface area contributed by atoms with Crippen LogP contribution < -0.4 is 5.32 Å². The molecule has 1 N–H and O–H groups in total. The number of hydrogen-bond donors (Lipinski definition) is 1. The first-order valence-electron chi connectivity index (χ1n) is 6.67. The third-order valence-electron chi connectivity index (χ3n) is 3.26. The van der Waals surface area contributed by atoms with Gasteiger partial charge in [0.05, 0.1) is 0 Å². The molecule has 3 heterocycles. The van der Waals surface area contributed by atoms with E-state index in [9.17, 15) is 13.2 Å². The third-order valence-corrected chi connectivity index (χ3v) is 7.00. The second-order valence-corrected chi connectivity index (χ2v) is 8.81. The first kappa shape index (κ1) is 15.5. The number of aryl methyl sites for hydroxylation is 1. The number of carbonyl (C=O) groups excluding carboxylic acids is 1. The highest BCUT2D eigenvalue weighted by molar-refractivity contribution is 7.89. The normalized spacial score (nSPS) is 16.0. The molecular formula is C12H14N4O3S3. The van der Waals surface area contributed by atoms with Crippen LogP contribution in [-0.4, -0.2) is 41.9 Å². The fraction of sp³-hybridized carbons (Fsp3) is 0.417. The van der Waals surface area contributed by atoms with Gasteiger partial charge in [0, 0.05) is 13.1 Å². The van der Waals surface area contributed by atoms with E-state index >= 15 is 0 Å². The average molecular weight is 358 g/mol. The van der Waals surface area contributed by atoms with E-state index in [2.05, 4.69) is 15.5 Å². The molecule has 3 rings (SSSR count). The molecule has 0 bridgehead atoms. The molecule has 0 saturated carbocycles. The summed E-state index contributed by atoms with van der Waals surface area (Å²) in [5.41, 5.74) is 0. The number of anilines is 1. The zero-order valence-electron chi connectivity index (χ0n) is 11.8. The van der Waals surface area contributed by atoms with Crippen LogP contribution in [0.15, 0.2) is 16.3 Å². The van der Waals surface area contributed by atoms with Gasteiger partial charge < -0.3 is 0 Å². The maximum atomic E-state index is 12.6. The van der Waals surface area contributed by atoms with E-state index < -0.39 is 15.9 Å². The molecule has 1 saturated heterocycles. The van der Waals surface area contributed by atoms with Crippen molar-refractivity contribution in [2.24, 2.45) is 0 Å². The Morgan fingerprint density at radius 3 is 2.68 bits per heavy atom. The lowest BCUT2D eigenvalue weighted by molar-refractivity contribution is 0.102. The summed E-state index contributed by atoms with van der Waals surface area (Å²) in [6.45, 7) is 2.80. The van der Waals surface area contributed by atoms with Crippen LogP contribution in [-0.2, 0) is 10.0 Å². The zero-order chi connectivity index (χ0) is 15.7. The van der Waals surface area contributed by atoms with Gasteiger partial charge in [-0.2, -0.15) is 4.31 Å². The Labute approximate surface area is 136 Å². The van der Waals surface area contributed by atoms with Gasteiger partial charge in [-0.05, 0) is 31.2 Å². The zero-order valence-corrected chi connectivity index (χ0v) is 14.2. The number of rotatable bonds is 4. The Balaban J connectivity index is 1.86. The fourth-order valence-corrected chi connectivity index (χ4v) is 5.63. The van der Waals surface area contributed by atoms with Gasteiger partial charge in [0.2, 0.25) is 15.2 Å². The molecule has 0 atom stereocenters. The van der Waals surface area contributed by atoms with Gasteiger partial charge in [-0.15, -0.1) is 21.5 Å². The molecule has 0 spiro atoms. The summed E-state index contributed by atoms with van der Waals surface area (Å²) in [6, 6.07) is 1.48. The van der Waals surface area contributed by atoms with Crippen LogP contribution >= 0.6 is 22.7 Å². The van der Waals surface area contributed by atoms with E-state index in [-0.39, 0.29) is 9.77 Å². The largest absolute Gasteiger partial charge is 0.296 e. The lowest BCUT2D eigenvalue weighted by Crippen LogP contribution is -2.29. The van der Waals surface area contributed by atoms with Gasteiger partial charge in [0.1, 0.15) is 14.8 Å². The SMILES string of the molecule is Cc1nnc(NC(=O)c2sccc2S(=O)(=O)N2CCCC2)s1. The van der Waals surface area contributed by atoms with E-state index in [0.717, 1.165) is 29.2 Å². The molecule has 1 fully saturated rings. The molecule has 0 aromatic carbocycles. The van der Waals surface area contributed by atoms with Crippen molar-refractivity contribution in [2.45, 2.75) is 24.7 Å². The minimum atomic E-state index is -3.61. The standard InChI is InChI=1S/C12H14N4O3S3/c1-8-14-15-12(21-8)13-11(17)10-9(4-7-20-10)22(18,19)16-5-2-3-6-16/h4,7H,2-3,5-6H2,1H3,(H,13,15,17). The highest BCUT2D eigenvalue weighted by Gasteiger charge is 2.32. The Bertz CT molecular complexity index is 790. The first-order chi connectivity index (χ1) is 10.5. The van der Waals surface area contributed by atoms with E-state index in [1.807, 2.05) is 0 Å². The second-order valence-electron chi connectivity index (χ2n) is 4.81. The Morgan fingerprint density at radius 1 is 1.32 bits per heavy atom. The van der Waals surface area contributed by atoms with Gasteiger partial charge in [0.25, 0.3) is 5.91 Å². The maximum absolute atomic E-state index is 12.6. The smallest absolute Gasteiger partial charge is 0.268 e. The van der Waals surface area contributed by atoms with E-state index in [0.29, 0.717) is 18.2 Å². The highest BCUT2D eigenvalue weighted by atomic mass is 32.2. The molecule has 118 valence electrons. The van der Waals surface area contributed by atoms with Crippen LogP contribution in [0.4, 0.5) is 5.13 Å². The number of aromatic nitrogens is 2. The number of nitrogens with one attached hydrogen (secondary N) is 1. The lowest BCUT2D eigenvalue weighted by atomic mass is 10.4. The molecule has 0 radical (unpaired) electrons. The van der Waals surface area contributed by atoms with Crippen molar-refractivity contribution in [3.05, 3.63) is 21.3 Å². The van der Waals surface area contributed by atoms with Crippen molar-refractivity contribution in [2.75, 3.05) is 18.4 Å². The van der Waals surface area contributed by atoms with Crippen molar-refractivity contribution < 1.29 is 13.2 Å². The fourth-order valence-electron chi connectivity index (χ4n) is 2.23. The van der Waals surface area contributed by atoms with Crippen molar-refractivity contribution in [1.29, 1.82) is 0 Å². The molecule has 1 aliphatic heterocycles. The number of amides is 1. The molecule has 2 aromatic rings. The topological polar surface area (TPSA) is 92.3 Å². The molecule has 10 heteroatoms. The first-order valence-corrected chi connectivity index (χ1v) is 9.81. The number of sulfonamides is 1. The van der Waals surface area contributed by atoms with Crippen molar-refractivity contribution >= 4 is 43.7 Å². The van der Waals surface area contributed by atoms with Crippen LogP contribution in [0.5, 0.6) is 0 Å². The van der Waals surface area contributed by atoms with Gasteiger partial charge in [-0.3, -0.25) is 10.1 Å². The van der Waals surface area contributed by atoms with Crippen LogP contribution in [0.25, 0.3) is 0 Å². The summed E-state index contributed by atoms with van der Waals surface area (Å²) < 4.78 is 26.6. The van der Waals surface area contributed by atoms with Crippen LogP contribution in [0.3, 0.4) is 0 Å². The molecule has 0 aliphatic carbocycles. The summed E-state index contributed by atoms with van der Waals surface area (Å²) in [6.07, 6.45) is 1.71. The van der Waals surface area contributed by atoms with Crippen molar-refractivity contribution in [3.63, 3.8) is 0 Å². The third kappa shape index (κ3) is 2.91. The lowest BCUT2D eigenvalue weighted by Gasteiger charge is -2.15. The minimum absolute atomic E-state index is 0.0677. The van der Waals surface area contributed by atoms with Crippen LogP contribution in [0.2, 0.25) is 0 Å². The van der Waals surface area contributed by atoms with Crippen LogP contribution in [0.1, 0.15) is 27.5 Å². The van der Waals surface area contributed by atoms with Crippen molar-refractivity contribution in [1.82, 2.24) is 14.5 Å². The van der Waals surface area contributed by atoms with E-state index in [4.69, 9.17) is 0 Å². The number of thiophene rings is 1. The molecule has 1 amide bonds. The monoisotopic (exact) mass is 358 g/mol. The van der Waals surface area contributed by atoms with E-state index in [1.54, 1.807) is 12.3 Å². The predicted octanol–water partition coefficient (Wildman–Crippen LogP) is 1.94. The quantitative estimate of drug-likeness (QED) is 0.902. The highest BCUT2D eigenvalue weighted by Crippen LogP contribution is 2.28. The van der Waals surface area contributed by atoms with Crippen LogP contribution in [0, 0.1) is 6.92 Å². The van der Waals surface area contributed by atoms with Gasteiger partial charge in [0.15, 0.2) is 0 Å². The number of carbonyl (C=O) groups is 1. The molecule has 22 heavy (non-hydrogen) atoms. The minimum Gasteiger partial charge on any atom is -0.296 e. The molecular weight excluding hydrogens is 344 g/mol. The molecule has 0 unspecified atom stereocenters. The summed E-state index contributed by atoms with van der Waals surface area (Å²) in [5, 5.41) is 12.9. The second kappa shape index (κ2) is 6.03. The van der Waals surface area contributed by atoms with Crippen molar-refractivity contribution in [3.8, 4) is 0 Å². The molecule has 2 aromatic heterocycles. The molecule has 7 nitrogen and oxygen atoms in total. The van der Waals surface area contributed by atoms with Gasteiger partial charge in [-0.25, -0.2) is 8.42 Å². The average Bonchev–Trinajstić information content (AvgIpc) is 3.20. The summed E-state index contributed by atoms with van der Waals surface area (Å²) in [4.78, 5) is 12.6. The predicted molar refractivity (Wildman–Crippen MR) is 84.9 cm³/mol.